The lowest BCUT2D eigenvalue weighted by molar-refractivity contribution is 0.0692. The smallest absolute Gasteiger partial charge is 0.339 e. The van der Waals surface area contributed by atoms with Crippen LogP contribution in [0.25, 0.3) is 0 Å². The van der Waals surface area contributed by atoms with E-state index in [9.17, 15) is 4.79 Å². The molecule has 1 fully saturated rings. The van der Waals surface area contributed by atoms with Crippen LogP contribution in [-0.4, -0.2) is 30.8 Å². The maximum Gasteiger partial charge on any atom is 0.339 e. The van der Waals surface area contributed by atoms with Gasteiger partial charge in [-0.25, -0.2) is 4.79 Å². The Labute approximate surface area is 120 Å². The molecule has 1 aromatic carbocycles. The van der Waals surface area contributed by atoms with Crippen molar-refractivity contribution in [3.8, 4) is 5.75 Å². The van der Waals surface area contributed by atoms with Crippen LogP contribution < -0.4 is 10.1 Å². The standard InChI is InChI=1S/C16H23NO3/c1-12(2)16(7-8-16)11-17-9-10-20-14-6-4-3-5-13(14)15(18)19/h3-6,12,17H,7-11H2,1-2H3,(H,18,19). The second-order valence-electron chi connectivity index (χ2n) is 5.84. The van der Waals surface area contributed by atoms with Crippen LogP contribution in [0, 0.1) is 11.3 Å². The van der Waals surface area contributed by atoms with E-state index in [0.29, 0.717) is 23.7 Å². The highest BCUT2D eigenvalue weighted by Gasteiger charge is 2.44. The molecular formula is C16H23NO3. The van der Waals surface area contributed by atoms with E-state index < -0.39 is 5.97 Å². The fraction of sp³-hybridized carbons (Fsp3) is 0.562. The van der Waals surface area contributed by atoms with Crippen molar-refractivity contribution < 1.29 is 14.6 Å². The Morgan fingerprint density at radius 1 is 1.40 bits per heavy atom. The number of para-hydroxylation sites is 1. The normalized spacial score (nSPS) is 16.1. The van der Waals surface area contributed by atoms with Gasteiger partial charge in [-0.15, -0.1) is 0 Å². The van der Waals surface area contributed by atoms with Gasteiger partial charge in [-0.05, 0) is 36.3 Å². The summed E-state index contributed by atoms with van der Waals surface area (Å²) in [5, 5.41) is 12.5. The zero-order valence-corrected chi connectivity index (χ0v) is 12.2. The molecule has 20 heavy (non-hydrogen) atoms. The summed E-state index contributed by atoms with van der Waals surface area (Å²) in [5.41, 5.74) is 0.701. The van der Waals surface area contributed by atoms with Crippen LogP contribution in [0.4, 0.5) is 0 Å². The van der Waals surface area contributed by atoms with E-state index in [-0.39, 0.29) is 5.56 Å². The van der Waals surface area contributed by atoms with Gasteiger partial charge < -0.3 is 15.2 Å². The van der Waals surface area contributed by atoms with Gasteiger partial charge in [0.15, 0.2) is 0 Å². The number of aromatic carboxylic acids is 1. The number of ether oxygens (including phenoxy) is 1. The molecule has 0 saturated heterocycles. The first kappa shape index (κ1) is 14.9. The summed E-state index contributed by atoms with van der Waals surface area (Å²) in [6, 6.07) is 6.74. The number of carboxylic acids is 1. The molecule has 0 radical (unpaired) electrons. The average Bonchev–Trinajstić information content (AvgIpc) is 3.20. The summed E-state index contributed by atoms with van der Waals surface area (Å²) in [7, 11) is 0. The Bertz CT molecular complexity index is 467. The van der Waals surface area contributed by atoms with Gasteiger partial charge in [-0.2, -0.15) is 0 Å². The van der Waals surface area contributed by atoms with Crippen molar-refractivity contribution in [2.24, 2.45) is 11.3 Å². The SMILES string of the molecule is CC(C)C1(CNCCOc2ccccc2C(=O)O)CC1. The summed E-state index contributed by atoms with van der Waals surface area (Å²) < 4.78 is 5.55. The Hall–Kier alpha value is -1.55. The minimum atomic E-state index is -0.953. The minimum Gasteiger partial charge on any atom is -0.491 e. The van der Waals surface area contributed by atoms with E-state index in [1.807, 2.05) is 0 Å². The van der Waals surface area contributed by atoms with Crippen molar-refractivity contribution in [2.45, 2.75) is 26.7 Å². The van der Waals surface area contributed by atoms with Gasteiger partial charge in [0.1, 0.15) is 17.9 Å². The Morgan fingerprint density at radius 2 is 2.10 bits per heavy atom. The molecule has 2 rings (SSSR count). The third kappa shape index (κ3) is 3.51. The Kier molecular flexibility index (Phi) is 4.65. The molecule has 0 aliphatic heterocycles. The van der Waals surface area contributed by atoms with Crippen LogP contribution in [0.1, 0.15) is 37.0 Å². The van der Waals surface area contributed by atoms with Crippen molar-refractivity contribution in [2.75, 3.05) is 19.7 Å². The number of nitrogens with one attached hydrogen (secondary N) is 1. The highest BCUT2D eigenvalue weighted by Crippen LogP contribution is 2.51. The summed E-state index contributed by atoms with van der Waals surface area (Å²) in [6.07, 6.45) is 2.61. The quantitative estimate of drug-likeness (QED) is 0.717. The van der Waals surface area contributed by atoms with E-state index in [2.05, 4.69) is 19.2 Å². The van der Waals surface area contributed by atoms with Crippen molar-refractivity contribution in [3.63, 3.8) is 0 Å². The average molecular weight is 277 g/mol. The molecule has 4 nitrogen and oxygen atoms in total. The van der Waals surface area contributed by atoms with E-state index >= 15 is 0 Å². The van der Waals surface area contributed by atoms with Crippen LogP contribution in [0.5, 0.6) is 5.75 Å². The third-order valence-electron chi connectivity index (χ3n) is 4.25. The van der Waals surface area contributed by atoms with Crippen molar-refractivity contribution in [1.29, 1.82) is 0 Å². The first-order valence-electron chi connectivity index (χ1n) is 7.21. The summed E-state index contributed by atoms with van der Waals surface area (Å²) in [6.45, 7) is 6.79. The van der Waals surface area contributed by atoms with Crippen LogP contribution >= 0.6 is 0 Å². The number of carboxylic acid groups (broad SMARTS) is 1. The molecule has 0 atom stereocenters. The lowest BCUT2D eigenvalue weighted by Crippen LogP contribution is -2.30. The molecule has 0 spiro atoms. The van der Waals surface area contributed by atoms with Gasteiger partial charge in [0.25, 0.3) is 0 Å². The number of carbonyl (C=O) groups is 1. The molecule has 2 N–H and O–H groups in total. The van der Waals surface area contributed by atoms with E-state index in [1.165, 1.54) is 12.8 Å². The molecule has 0 bridgehead atoms. The topological polar surface area (TPSA) is 58.6 Å². The maximum atomic E-state index is 11.0. The predicted octanol–water partition coefficient (Wildman–Crippen LogP) is 2.79. The Balaban J connectivity index is 1.73. The summed E-state index contributed by atoms with van der Waals surface area (Å²) in [4.78, 5) is 11.0. The van der Waals surface area contributed by atoms with Crippen LogP contribution in [0.15, 0.2) is 24.3 Å². The molecule has 1 aliphatic rings. The second kappa shape index (κ2) is 6.27. The zero-order valence-electron chi connectivity index (χ0n) is 12.2. The molecule has 0 amide bonds. The molecule has 1 aromatic rings. The van der Waals surface area contributed by atoms with Crippen LogP contribution in [0.3, 0.4) is 0 Å². The summed E-state index contributed by atoms with van der Waals surface area (Å²) >= 11 is 0. The highest BCUT2D eigenvalue weighted by atomic mass is 16.5. The van der Waals surface area contributed by atoms with Gasteiger partial charge in [0, 0.05) is 13.1 Å². The van der Waals surface area contributed by atoms with Gasteiger partial charge in [-0.1, -0.05) is 26.0 Å². The third-order valence-corrected chi connectivity index (χ3v) is 4.25. The molecule has 110 valence electrons. The van der Waals surface area contributed by atoms with Crippen molar-refractivity contribution >= 4 is 5.97 Å². The van der Waals surface area contributed by atoms with Gasteiger partial charge in [0.2, 0.25) is 0 Å². The lowest BCUT2D eigenvalue weighted by atomic mass is 9.92. The van der Waals surface area contributed by atoms with Gasteiger partial charge >= 0.3 is 5.97 Å². The van der Waals surface area contributed by atoms with Gasteiger partial charge in [-0.3, -0.25) is 0 Å². The predicted molar refractivity (Wildman–Crippen MR) is 78.3 cm³/mol. The first-order valence-corrected chi connectivity index (χ1v) is 7.21. The van der Waals surface area contributed by atoms with E-state index in [1.54, 1.807) is 24.3 Å². The van der Waals surface area contributed by atoms with E-state index in [0.717, 1.165) is 13.1 Å². The maximum absolute atomic E-state index is 11.0. The summed E-state index contributed by atoms with van der Waals surface area (Å²) in [5.74, 6) is 0.195. The second-order valence-corrected chi connectivity index (χ2v) is 5.84. The van der Waals surface area contributed by atoms with Gasteiger partial charge in [0.05, 0.1) is 0 Å². The number of benzene rings is 1. The monoisotopic (exact) mass is 277 g/mol. The lowest BCUT2D eigenvalue weighted by Gasteiger charge is -2.20. The fourth-order valence-electron chi connectivity index (χ4n) is 2.46. The minimum absolute atomic E-state index is 0.216. The molecule has 1 aliphatic carbocycles. The van der Waals surface area contributed by atoms with Crippen molar-refractivity contribution in [1.82, 2.24) is 5.32 Å². The zero-order chi connectivity index (χ0) is 14.6. The largest absolute Gasteiger partial charge is 0.491 e. The van der Waals surface area contributed by atoms with E-state index in [4.69, 9.17) is 9.84 Å². The first-order chi connectivity index (χ1) is 9.55. The molecular weight excluding hydrogens is 254 g/mol. The molecule has 0 unspecified atom stereocenters. The van der Waals surface area contributed by atoms with Crippen molar-refractivity contribution in [3.05, 3.63) is 29.8 Å². The molecule has 0 aromatic heterocycles. The van der Waals surface area contributed by atoms with Crippen LogP contribution in [0.2, 0.25) is 0 Å². The Morgan fingerprint density at radius 3 is 2.70 bits per heavy atom. The number of rotatable bonds is 8. The highest BCUT2D eigenvalue weighted by molar-refractivity contribution is 5.90. The molecule has 4 heteroatoms. The fourth-order valence-corrected chi connectivity index (χ4v) is 2.46. The molecule has 1 saturated carbocycles. The number of hydrogen-bond donors (Lipinski definition) is 2. The molecule has 0 heterocycles. The van der Waals surface area contributed by atoms with Crippen LogP contribution in [-0.2, 0) is 0 Å². The number of hydrogen-bond acceptors (Lipinski definition) is 3.